The van der Waals surface area contributed by atoms with Crippen LogP contribution in [0.25, 0.3) is 0 Å². The van der Waals surface area contributed by atoms with Crippen molar-refractivity contribution in [3.63, 3.8) is 0 Å². The Hall–Kier alpha value is -5.29. The number of benzene rings is 4. The Morgan fingerprint density at radius 1 is 0.872 bits per heavy atom. The second-order valence-electron chi connectivity index (χ2n) is 11.1. The van der Waals surface area contributed by atoms with Crippen LogP contribution in [0.4, 0.5) is 5.69 Å². The van der Waals surface area contributed by atoms with Crippen LogP contribution in [0.5, 0.6) is 11.5 Å². The number of carbonyl (C=O) groups is 1. The van der Waals surface area contributed by atoms with E-state index in [1.807, 2.05) is 84.9 Å². The molecular weight excluding hydrogens is 598 g/mol. The van der Waals surface area contributed by atoms with Crippen LogP contribution < -0.4 is 20.3 Å². The van der Waals surface area contributed by atoms with Crippen LogP contribution in [0, 0.1) is 0 Å². The lowest BCUT2D eigenvalue weighted by molar-refractivity contribution is -0.0964. The molecule has 10 heteroatoms. The maximum absolute atomic E-state index is 13.1. The number of nitrogens with zero attached hydrogens (tertiary/aromatic N) is 2. The van der Waals surface area contributed by atoms with Crippen molar-refractivity contribution in [3.05, 3.63) is 154 Å². The summed E-state index contributed by atoms with van der Waals surface area (Å²) in [6.07, 6.45) is -1.04. The van der Waals surface area contributed by atoms with Crippen molar-refractivity contribution in [2.45, 2.75) is 30.5 Å². The average molecular weight is 634 g/mol. The third-order valence-electron chi connectivity index (χ3n) is 8.23. The molecule has 10 nitrogen and oxygen atoms in total. The van der Waals surface area contributed by atoms with Crippen molar-refractivity contribution >= 4 is 11.6 Å². The summed E-state index contributed by atoms with van der Waals surface area (Å²) in [6.45, 7) is -0.00934. The predicted octanol–water partition coefficient (Wildman–Crippen LogP) is 5.17. The maximum Gasteiger partial charge on any atom is 0.271 e. The summed E-state index contributed by atoms with van der Waals surface area (Å²) in [5.74, 6) is 1.04. The highest BCUT2D eigenvalue weighted by Crippen LogP contribution is 2.42. The molecule has 240 valence electrons. The Morgan fingerprint density at radius 2 is 1.43 bits per heavy atom. The van der Waals surface area contributed by atoms with Crippen molar-refractivity contribution < 1.29 is 28.8 Å². The van der Waals surface area contributed by atoms with Gasteiger partial charge in [0.25, 0.3) is 11.5 Å². The van der Waals surface area contributed by atoms with Gasteiger partial charge in [0.2, 0.25) is 0 Å². The van der Waals surface area contributed by atoms with Gasteiger partial charge in [-0.25, -0.2) is 4.68 Å². The summed E-state index contributed by atoms with van der Waals surface area (Å²) in [6, 6.07) is 35.1. The number of ether oxygens (including phenoxy) is 4. The van der Waals surface area contributed by atoms with Gasteiger partial charge in [-0.3, -0.25) is 9.59 Å². The van der Waals surface area contributed by atoms with Gasteiger partial charge in [-0.15, -0.1) is 0 Å². The zero-order valence-electron chi connectivity index (χ0n) is 26.0. The lowest BCUT2D eigenvalue weighted by Crippen LogP contribution is -2.38. The minimum absolute atomic E-state index is 0.00934. The summed E-state index contributed by atoms with van der Waals surface area (Å²) in [5, 5.41) is 18.1. The van der Waals surface area contributed by atoms with Gasteiger partial charge in [-0.2, -0.15) is 5.10 Å². The Bertz CT molecular complexity index is 1800. The Labute approximate surface area is 272 Å². The quantitative estimate of drug-likeness (QED) is 0.191. The van der Waals surface area contributed by atoms with E-state index < -0.39 is 29.6 Å². The molecule has 1 aromatic heterocycles. The Kier molecular flexibility index (Phi) is 9.44. The lowest BCUT2D eigenvalue weighted by Gasteiger charge is -2.37. The standard InChI is InChI=1S/C37H35N3O7/c1-44-30-17-13-27(14-18-30)37(26-11-7-4-8-12-26,28-15-19-31(45-2)20-16-28)46-24-33-32(41)22-35(47-33)40-34(42)21-29(23-38-40)39-36(43)25-9-5-3-6-10-25/h3-21,23,32-33,35,41H,22,24H2,1-2H3,(H,39,43). The van der Waals surface area contributed by atoms with Gasteiger partial charge in [0.15, 0.2) is 6.23 Å². The summed E-state index contributed by atoms with van der Waals surface area (Å²) in [7, 11) is 3.23. The van der Waals surface area contributed by atoms with E-state index in [9.17, 15) is 14.7 Å². The van der Waals surface area contributed by atoms with Crippen LogP contribution in [0.2, 0.25) is 0 Å². The predicted molar refractivity (Wildman–Crippen MR) is 176 cm³/mol. The number of rotatable bonds is 11. The van der Waals surface area contributed by atoms with Crippen LogP contribution in [0.15, 0.2) is 126 Å². The third-order valence-corrected chi connectivity index (χ3v) is 8.23. The number of hydrogen-bond acceptors (Lipinski definition) is 8. The fourth-order valence-corrected chi connectivity index (χ4v) is 5.79. The molecule has 5 aromatic rings. The van der Waals surface area contributed by atoms with Crippen molar-refractivity contribution in [3.8, 4) is 11.5 Å². The second kappa shape index (κ2) is 14.0. The van der Waals surface area contributed by atoms with E-state index in [2.05, 4.69) is 10.4 Å². The zero-order chi connectivity index (χ0) is 32.8. The fourth-order valence-electron chi connectivity index (χ4n) is 5.79. The monoisotopic (exact) mass is 633 g/mol. The van der Waals surface area contributed by atoms with Crippen molar-refractivity contribution in [2.75, 3.05) is 26.1 Å². The molecule has 0 radical (unpaired) electrons. The molecule has 3 unspecified atom stereocenters. The molecule has 6 rings (SSSR count). The summed E-state index contributed by atoms with van der Waals surface area (Å²) in [5.41, 5.74) is 1.67. The largest absolute Gasteiger partial charge is 0.497 e. The number of aliphatic hydroxyl groups is 1. The van der Waals surface area contributed by atoms with Crippen LogP contribution in [-0.2, 0) is 15.1 Å². The lowest BCUT2D eigenvalue weighted by atomic mass is 9.80. The van der Waals surface area contributed by atoms with Gasteiger partial charge in [0.05, 0.1) is 38.8 Å². The SMILES string of the molecule is COc1ccc(C(OCC2OC(n3ncc(NC(=O)c4ccccc4)cc3=O)CC2O)(c2ccccc2)c2ccc(OC)cc2)cc1. The van der Waals surface area contributed by atoms with E-state index >= 15 is 0 Å². The molecule has 2 N–H and O–H groups in total. The molecule has 3 atom stereocenters. The molecule has 2 heterocycles. The molecule has 1 aliphatic rings. The topological polar surface area (TPSA) is 121 Å². The first-order valence-electron chi connectivity index (χ1n) is 15.2. The number of aliphatic hydroxyl groups excluding tert-OH is 1. The van der Waals surface area contributed by atoms with E-state index in [-0.39, 0.29) is 24.6 Å². The van der Waals surface area contributed by atoms with Crippen molar-refractivity contribution in [2.24, 2.45) is 0 Å². The molecule has 1 fully saturated rings. The van der Waals surface area contributed by atoms with Crippen LogP contribution in [0.1, 0.15) is 39.7 Å². The number of nitrogens with one attached hydrogen (secondary N) is 1. The zero-order valence-corrected chi connectivity index (χ0v) is 26.0. The van der Waals surface area contributed by atoms with Gasteiger partial charge in [-0.1, -0.05) is 72.8 Å². The first-order chi connectivity index (χ1) is 22.9. The smallest absolute Gasteiger partial charge is 0.271 e. The van der Waals surface area contributed by atoms with Crippen LogP contribution >= 0.6 is 0 Å². The highest BCUT2D eigenvalue weighted by Gasteiger charge is 2.42. The minimum atomic E-state index is -1.10. The molecule has 0 saturated carbocycles. The Morgan fingerprint density at radius 3 is 1.98 bits per heavy atom. The molecule has 47 heavy (non-hydrogen) atoms. The minimum Gasteiger partial charge on any atom is -0.497 e. The number of methoxy groups -OCH3 is 2. The molecular formula is C37H35N3O7. The first-order valence-corrected chi connectivity index (χ1v) is 15.2. The van der Waals surface area contributed by atoms with Gasteiger partial charge < -0.3 is 29.4 Å². The van der Waals surface area contributed by atoms with Gasteiger partial charge in [-0.05, 0) is 53.1 Å². The van der Waals surface area contributed by atoms with E-state index in [1.54, 1.807) is 38.5 Å². The van der Waals surface area contributed by atoms with E-state index in [0.29, 0.717) is 17.1 Å². The normalized spacial score (nSPS) is 17.6. The van der Waals surface area contributed by atoms with Crippen LogP contribution in [-0.4, -0.2) is 53.8 Å². The van der Waals surface area contributed by atoms with Crippen molar-refractivity contribution in [1.82, 2.24) is 9.78 Å². The maximum atomic E-state index is 13.1. The second-order valence-corrected chi connectivity index (χ2v) is 11.1. The molecule has 1 saturated heterocycles. The molecule has 4 aromatic carbocycles. The highest BCUT2D eigenvalue weighted by atomic mass is 16.6. The fraction of sp³-hybridized carbons (Fsp3) is 0.216. The molecule has 1 aliphatic heterocycles. The van der Waals surface area contributed by atoms with E-state index in [0.717, 1.165) is 16.7 Å². The highest BCUT2D eigenvalue weighted by molar-refractivity contribution is 6.04. The van der Waals surface area contributed by atoms with E-state index in [4.69, 9.17) is 18.9 Å². The summed E-state index contributed by atoms with van der Waals surface area (Å²) < 4.78 is 25.1. The van der Waals surface area contributed by atoms with E-state index in [1.165, 1.54) is 16.9 Å². The molecule has 0 bridgehead atoms. The number of hydrogen-bond donors (Lipinski definition) is 2. The van der Waals surface area contributed by atoms with Gasteiger partial charge >= 0.3 is 0 Å². The summed E-state index contributed by atoms with van der Waals surface area (Å²) in [4.78, 5) is 25.6. The number of amides is 1. The average Bonchev–Trinajstić information content (AvgIpc) is 3.49. The van der Waals surface area contributed by atoms with Crippen LogP contribution in [0.3, 0.4) is 0 Å². The molecule has 0 spiro atoms. The third kappa shape index (κ3) is 6.66. The number of carbonyl (C=O) groups excluding carboxylic acids is 1. The van der Waals surface area contributed by atoms with Crippen molar-refractivity contribution in [1.29, 1.82) is 0 Å². The molecule has 1 amide bonds. The van der Waals surface area contributed by atoms with Gasteiger partial charge in [0.1, 0.15) is 23.2 Å². The summed E-state index contributed by atoms with van der Waals surface area (Å²) >= 11 is 0. The van der Waals surface area contributed by atoms with Gasteiger partial charge in [0, 0.05) is 18.1 Å². The number of anilines is 1. The Balaban J connectivity index is 1.26. The first kappa shape index (κ1) is 31.7. The molecule has 0 aliphatic carbocycles. The number of aromatic nitrogens is 2.